The molecule has 0 spiro atoms. The Morgan fingerprint density at radius 1 is 1.33 bits per heavy atom. The van der Waals surface area contributed by atoms with Crippen LogP contribution in [0.25, 0.3) is 0 Å². The first-order valence-corrected chi connectivity index (χ1v) is 5.67. The monoisotopic (exact) mass is 255 g/mol. The second kappa shape index (κ2) is 6.35. The van der Waals surface area contributed by atoms with Crippen LogP contribution in [-0.4, -0.2) is 26.2 Å². The standard InChI is InChI=1S/C13H18FNO3/c1-8(15-9(2)13(16)18-4)10-5-6-12(17-3)11(14)7-10/h5-9,15H,1-4H3. The van der Waals surface area contributed by atoms with Gasteiger partial charge in [-0.2, -0.15) is 0 Å². The van der Waals surface area contributed by atoms with Gasteiger partial charge < -0.3 is 9.47 Å². The molecule has 0 saturated carbocycles. The Hall–Kier alpha value is -1.62. The molecule has 0 fully saturated rings. The van der Waals surface area contributed by atoms with Crippen LogP contribution in [-0.2, 0) is 9.53 Å². The molecule has 0 aliphatic carbocycles. The fraction of sp³-hybridized carbons (Fsp3) is 0.462. The summed E-state index contributed by atoms with van der Waals surface area (Å²) in [6.45, 7) is 3.54. The van der Waals surface area contributed by atoms with Crippen LogP contribution in [0.1, 0.15) is 25.5 Å². The van der Waals surface area contributed by atoms with Crippen LogP contribution in [0.15, 0.2) is 18.2 Å². The van der Waals surface area contributed by atoms with Crippen molar-refractivity contribution in [2.45, 2.75) is 25.9 Å². The van der Waals surface area contributed by atoms with Gasteiger partial charge in [0.2, 0.25) is 0 Å². The molecule has 0 amide bonds. The van der Waals surface area contributed by atoms with Crippen molar-refractivity contribution in [2.75, 3.05) is 14.2 Å². The maximum Gasteiger partial charge on any atom is 0.322 e. The molecule has 5 heteroatoms. The molecule has 2 unspecified atom stereocenters. The number of hydrogen-bond acceptors (Lipinski definition) is 4. The zero-order valence-corrected chi connectivity index (χ0v) is 11.0. The summed E-state index contributed by atoms with van der Waals surface area (Å²) in [5, 5.41) is 3.03. The van der Waals surface area contributed by atoms with Crippen molar-refractivity contribution in [1.29, 1.82) is 0 Å². The fourth-order valence-electron chi connectivity index (χ4n) is 1.67. The summed E-state index contributed by atoms with van der Waals surface area (Å²) in [6.07, 6.45) is 0. The van der Waals surface area contributed by atoms with Crippen molar-refractivity contribution in [3.63, 3.8) is 0 Å². The van der Waals surface area contributed by atoms with Gasteiger partial charge in [0.05, 0.1) is 14.2 Å². The molecule has 0 aromatic heterocycles. The van der Waals surface area contributed by atoms with Crippen LogP contribution >= 0.6 is 0 Å². The summed E-state index contributed by atoms with van der Waals surface area (Å²) in [6, 6.07) is 4.09. The Bertz CT molecular complexity index is 423. The predicted octanol–water partition coefficient (Wildman–Crippen LogP) is 2.05. The van der Waals surface area contributed by atoms with Gasteiger partial charge in [-0.1, -0.05) is 6.07 Å². The van der Waals surface area contributed by atoms with Gasteiger partial charge in [-0.3, -0.25) is 10.1 Å². The number of esters is 1. The molecule has 0 aliphatic rings. The van der Waals surface area contributed by atoms with E-state index in [1.54, 1.807) is 19.1 Å². The van der Waals surface area contributed by atoms with E-state index in [1.165, 1.54) is 20.3 Å². The molecule has 4 nitrogen and oxygen atoms in total. The lowest BCUT2D eigenvalue weighted by Crippen LogP contribution is -2.36. The zero-order chi connectivity index (χ0) is 13.7. The van der Waals surface area contributed by atoms with E-state index in [2.05, 4.69) is 10.1 Å². The van der Waals surface area contributed by atoms with Crippen LogP contribution in [0.5, 0.6) is 5.75 Å². The van der Waals surface area contributed by atoms with Crippen molar-refractivity contribution in [3.8, 4) is 5.75 Å². The topological polar surface area (TPSA) is 47.6 Å². The van der Waals surface area contributed by atoms with Gasteiger partial charge in [-0.25, -0.2) is 4.39 Å². The van der Waals surface area contributed by atoms with Crippen molar-refractivity contribution < 1.29 is 18.7 Å². The van der Waals surface area contributed by atoms with Gasteiger partial charge in [0.1, 0.15) is 6.04 Å². The van der Waals surface area contributed by atoms with Crippen LogP contribution < -0.4 is 10.1 Å². The second-order valence-corrected chi connectivity index (χ2v) is 4.03. The minimum atomic E-state index is -0.449. The predicted molar refractivity (Wildman–Crippen MR) is 66.0 cm³/mol. The highest BCUT2D eigenvalue weighted by atomic mass is 19.1. The first-order valence-electron chi connectivity index (χ1n) is 5.67. The number of rotatable bonds is 5. The van der Waals surface area contributed by atoms with Crippen LogP contribution in [0.3, 0.4) is 0 Å². The maximum absolute atomic E-state index is 13.5. The second-order valence-electron chi connectivity index (χ2n) is 4.03. The number of benzene rings is 1. The Balaban J connectivity index is 2.75. The lowest BCUT2D eigenvalue weighted by Gasteiger charge is -2.19. The Labute approximate surface area is 106 Å². The molecule has 2 atom stereocenters. The molecule has 0 aliphatic heterocycles. The molecule has 18 heavy (non-hydrogen) atoms. The Morgan fingerprint density at radius 3 is 2.50 bits per heavy atom. The van der Waals surface area contributed by atoms with Crippen molar-refractivity contribution >= 4 is 5.97 Å². The van der Waals surface area contributed by atoms with E-state index in [1.807, 2.05) is 6.92 Å². The van der Waals surface area contributed by atoms with Crippen molar-refractivity contribution in [2.24, 2.45) is 0 Å². The van der Waals surface area contributed by atoms with E-state index in [4.69, 9.17) is 4.74 Å². The van der Waals surface area contributed by atoms with Gasteiger partial charge in [0, 0.05) is 6.04 Å². The number of halogens is 1. The quantitative estimate of drug-likeness (QED) is 0.818. The molecule has 0 saturated heterocycles. The van der Waals surface area contributed by atoms with Gasteiger partial charge in [-0.05, 0) is 31.5 Å². The third-order valence-electron chi connectivity index (χ3n) is 2.73. The van der Waals surface area contributed by atoms with Crippen molar-refractivity contribution in [3.05, 3.63) is 29.6 Å². The van der Waals surface area contributed by atoms with Gasteiger partial charge in [0.25, 0.3) is 0 Å². The van der Waals surface area contributed by atoms with Crippen LogP contribution in [0.2, 0.25) is 0 Å². The highest BCUT2D eigenvalue weighted by Crippen LogP contribution is 2.21. The molecule has 1 aromatic rings. The molecule has 0 heterocycles. The van der Waals surface area contributed by atoms with E-state index in [0.29, 0.717) is 0 Å². The number of hydrogen-bond donors (Lipinski definition) is 1. The lowest BCUT2D eigenvalue weighted by atomic mass is 10.1. The number of methoxy groups -OCH3 is 2. The molecule has 1 aromatic carbocycles. The minimum Gasteiger partial charge on any atom is -0.494 e. The SMILES string of the molecule is COC(=O)C(C)NC(C)c1ccc(OC)c(F)c1. The Morgan fingerprint density at radius 2 is 2.00 bits per heavy atom. The third kappa shape index (κ3) is 3.43. The first-order chi connectivity index (χ1) is 8.49. The summed E-state index contributed by atoms with van der Waals surface area (Å²) in [4.78, 5) is 11.3. The van der Waals surface area contributed by atoms with E-state index in [0.717, 1.165) is 5.56 Å². The highest BCUT2D eigenvalue weighted by Gasteiger charge is 2.17. The number of carbonyl (C=O) groups is 1. The normalized spacial score (nSPS) is 13.8. The minimum absolute atomic E-state index is 0.167. The zero-order valence-electron chi connectivity index (χ0n) is 11.0. The highest BCUT2D eigenvalue weighted by molar-refractivity contribution is 5.75. The van der Waals surface area contributed by atoms with Crippen LogP contribution in [0, 0.1) is 5.82 Å². The number of carbonyl (C=O) groups excluding carboxylic acids is 1. The molecule has 100 valence electrons. The van der Waals surface area contributed by atoms with Gasteiger partial charge in [0.15, 0.2) is 11.6 Å². The first kappa shape index (κ1) is 14.4. The molecule has 1 N–H and O–H groups in total. The van der Waals surface area contributed by atoms with Gasteiger partial charge >= 0.3 is 5.97 Å². The van der Waals surface area contributed by atoms with E-state index < -0.39 is 11.9 Å². The summed E-state index contributed by atoms with van der Waals surface area (Å²) in [5.74, 6) is -0.572. The average molecular weight is 255 g/mol. The van der Waals surface area contributed by atoms with E-state index in [-0.39, 0.29) is 17.8 Å². The molecular weight excluding hydrogens is 237 g/mol. The average Bonchev–Trinajstić information content (AvgIpc) is 2.37. The third-order valence-corrected chi connectivity index (χ3v) is 2.73. The largest absolute Gasteiger partial charge is 0.494 e. The van der Waals surface area contributed by atoms with E-state index >= 15 is 0 Å². The molecule has 1 rings (SSSR count). The van der Waals surface area contributed by atoms with Crippen LogP contribution in [0.4, 0.5) is 4.39 Å². The number of ether oxygens (including phenoxy) is 2. The van der Waals surface area contributed by atoms with Crippen molar-refractivity contribution in [1.82, 2.24) is 5.32 Å². The smallest absolute Gasteiger partial charge is 0.322 e. The summed E-state index contributed by atoms with van der Waals surface area (Å²) < 4.78 is 23.0. The summed E-state index contributed by atoms with van der Waals surface area (Å²) in [5.41, 5.74) is 0.740. The molecule has 0 bridgehead atoms. The summed E-state index contributed by atoms with van der Waals surface area (Å²) >= 11 is 0. The van der Waals surface area contributed by atoms with E-state index in [9.17, 15) is 9.18 Å². The molecular formula is C13H18FNO3. The van der Waals surface area contributed by atoms with Gasteiger partial charge in [-0.15, -0.1) is 0 Å². The summed E-state index contributed by atoms with van der Waals surface area (Å²) in [7, 11) is 2.75. The maximum atomic E-state index is 13.5. The fourth-order valence-corrected chi connectivity index (χ4v) is 1.67. The lowest BCUT2D eigenvalue weighted by molar-refractivity contribution is -0.142. The Kier molecular flexibility index (Phi) is 5.09. The number of nitrogens with one attached hydrogen (secondary N) is 1. The molecule has 0 radical (unpaired) electrons.